The van der Waals surface area contributed by atoms with Crippen LogP contribution in [-0.4, -0.2) is 0 Å². The van der Waals surface area contributed by atoms with Crippen molar-refractivity contribution in [1.29, 1.82) is 5.26 Å². The van der Waals surface area contributed by atoms with Gasteiger partial charge in [-0.25, -0.2) is 4.79 Å². The molecule has 1 aliphatic heterocycles. The predicted octanol–water partition coefficient (Wildman–Crippen LogP) is 3.01. The first-order valence-corrected chi connectivity index (χ1v) is 7.21. The molecular formula is C17H16N2O3. The van der Waals surface area contributed by atoms with E-state index in [9.17, 15) is 10.1 Å². The van der Waals surface area contributed by atoms with Gasteiger partial charge in [0.25, 0.3) is 0 Å². The van der Waals surface area contributed by atoms with E-state index < -0.39 is 11.5 Å². The summed E-state index contributed by atoms with van der Waals surface area (Å²) in [6.45, 7) is 3.99. The van der Waals surface area contributed by atoms with Crippen LogP contribution in [0.15, 0.2) is 44.9 Å². The molecule has 5 nitrogen and oxygen atoms in total. The van der Waals surface area contributed by atoms with Gasteiger partial charge in [-0.15, -0.1) is 0 Å². The van der Waals surface area contributed by atoms with Crippen LogP contribution in [0.4, 0.5) is 0 Å². The standard InChI is InChI=1S/C17H16N2O3/c1-3-9(2)13-11(8-18)16(19)22-15-10-6-4-5-7-12(10)21-17(20)14(13)15/h4-7,9,13H,3,19H2,1-2H3/t9-,13+/m0/s1. The highest BCUT2D eigenvalue weighted by Gasteiger charge is 2.36. The Hall–Kier alpha value is -2.74. The molecule has 1 aromatic heterocycles. The highest BCUT2D eigenvalue weighted by molar-refractivity contribution is 5.85. The Bertz CT molecular complexity index is 874. The fourth-order valence-corrected chi connectivity index (χ4v) is 2.91. The van der Waals surface area contributed by atoms with Crippen molar-refractivity contribution in [2.45, 2.75) is 26.2 Å². The zero-order valence-electron chi connectivity index (χ0n) is 12.4. The molecule has 0 bridgehead atoms. The Morgan fingerprint density at radius 2 is 2.14 bits per heavy atom. The second kappa shape index (κ2) is 5.23. The number of allylic oxidation sites excluding steroid dienone is 1. The third kappa shape index (κ3) is 1.96. The maximum absolute atomic E-state index is 12.5. The largest absolute Gasteiger partial charge is 0.439 e. The number of nitrogens with two attached hydrogens (primary N) is 1. The van der Waals surface area contributed by atoms with Crippen molar-refractivity contribution in [3.8, 4) is 11.8 Å². The lowest BCUT2D eigenvalue weighted by Gasteiger charge is -2.29. The van der Waals surface area contributed by atoms with Crippen LogP contribution in [0, 0.1) is 17.2 Å². The summed E-state index contributed by atoms with van der Waals surface area (Å²) in [5, 5.41) is 10.1. The van der Waals surface area contributed by atoms with Crippen LogP contribution >= 0.6 is 0 Å². The van der Waals surface area contributed by atoms with Crippen molar-refractivity contribution in [3.63, 3.8) is 0 Å². The highest BCUT2D eigenvalue weighted by Crippen LogP contribution is 2.44. The SMILES string of the molecule is CC[C@H](C)[C@@H]1C(C#N)=C(N)Oc2c1c(=O)oc1ccccc21. The Balaban J connectivity index is 2.38. The van der Waals surface area contributed by atoms with E-state index in [1.807, 2.05) is 26.0 Å². The zero-order valence-corrected chi connectivity index (χ0v) is 12.4. The van der Waals surface area contributed by atoms with E-state index in [0.717, 1.165) is 6.42 Å². The molecule has 0 unspecified atom stereocenters. The molecule has 1 aliphatic rings. The number of para-hydroxylation sites is 1. The second-order valence-corrected chi connectivity index (χ2v) is 5.48. The Kier molecular flexibility index (Phi) is 3.38. The molecule has 5 heteroatoms. The quantitative estimate of drug-likeness (QED) is 0.860. The van der Waals surface area contributed by atoms with Crippen LogP contribution in [0.1, 0.15) is 31.7 Å². The van der Waals surface area contributed by atoms with Crippen molar-refractivity contribution in [2.24, 2.45) is 11.7 Å². The number of ether oxygens (including phenoxy) is 1. The lowest BCUT2D eigenvalue weighted by atomic mass is 9.79. The highest BCUT2D eigenvalue weighted by atomic mass is 16.5. The first-order valence-electron chi connectivity index (χ1n) is 7.21. The van der Waals surface area contributed by atoms with E-state index in [0.29, 0.717) is 27.9 Å². The summed E-state index contributed by atoms with van der Waals surface area (Å²) >= 11 is 0. The molecule has 112 valence electrons. The van der Waals surface area contributed by atoms with Gasteiger partial charge in [-0.05, 0) is 18.1 Å². The van der Waals surface area contributed by atoms with Gasteiger partial charge in [-0.2, -0.15) is 5.26 Å². The predicted molar refractivity (Wildman–Crippen MR) is 82.1 cm³/mol. The molecule has 0 saturated carbocycles. The number of fused-ring (bicyclic) bond motifs is 3. The second-order valence-electron chi connectivity index (χ2n) is 5.48. The molecule has 3 rings (SSSR count). The van der Waals surface area contributed by atoms with E-state index in [1.165, 1.54) is 0 Å². The van der Waals surface area contributed by atoms with E-state index in [4.69, 9.17) is 14.9 Å². The van der Waals surface area contributed by atoms with Gasteiger partial charge in [-0.1, -0.05) is 32.4 Å². The van der Waals surface area contributed by atoms with Gasteiger partial charge in [0.2, 0.25) is 5.88 Å². The molecule has 0 aliphatic carbocycles. The van der Waals surface area contributed by atoms with Crippen molar-refractivity contribution in [3.05, 3.63) is 51.7 Å². The molecule has 0 radical (unpaired) electrons. The van der Waals surface area contributed by atoms with Crippen molar-refractivity contribution >= 4 is 11.0 Å². The van der Waals surface area contributed by atoms with E-state index in [1.54, 1.807) is 12.1 Å². The Morgan fingerprint density at radius 1 is 1.41 bits per heavy atom. The number of rotatable bonds is 2. The molecule has 2 heterocycles. The molecule has 0 fully saturated rings. The summed E-state index contributed by atoms with van der Waals surface area (Å²) in [4.78, 5) is 12.5. The number of nitriles is 1. The fraction of sp³-hybridized carbons (Fsp3) is 0.294. The topological polar surface area (TPSA) is 89.3 Å². The summed E-state index contributed by atoms with van der Waals surface area (Å²) in [7, 11) is 0. The molecule has 0 saturated heterocycles. The fourth-order valence-electron chi connectivity index (χ4n) is 2.91. The van der Waals surface area contributed by atoms with E-state index in [-0.39, 0.29) is 11.8 Å². The molecular weight excluding hydrogens is 280 g/mol. The monoisotopic (exact) mass is 296 g/mol. The van der Waals surface area contributed by atoms with Crippen LogP contribution in [0.3, 0.4) is 0 Å². The summed E-state index contributed by atoms with van der Waals surface area (Å²) in [6, 6.07) is 9.23. The smallest absolute Gasteiger partial charge is 0.343 e. The van der Waals surface area contributed by atoms with E-state index in [2.05, 4.69) is 6.07 Å². The number of nitrogens with zero attached hydrogens (tertiary/aromatic N) is 1. The average molecular weight is 296 g/mol. The molecule has 1 aromatic carbocycles. The van der Waals surface area contributed by atoms with Gasteiger partial charge >= 0.3 is 5.63 Å². The number of hydrogen-bond acceptors (Lipinski definition) is 5. The summed E-state index contributed by atoms with van der Waals surface area (Å²) in [5.41, 5.74) is 6.59. The van der Waals surface area contributed by atoms with Gasteiger partial charge in [0.15, 0.2) is 5.75 Å². The molecule has 2 aromatic rings. The lowest BCUT2D eigenvalue weighted by Crippen LogP contribution is -2.28. The zero-order chi connectivity index (χ0) is 15.9. The minimum absolute atomic E-state index is 0.0658. The molecule has 2 atom stereocenters. The third-order valence-corrected chi connectivity index (χ3v) is 4.23. The minimum Gasteiger partial charge on any atom is -0.439 e. The Morgan fingerprint density at radius 3 is 2.82 bits per heavy atom. The normalized spacial score (nSPS) is 18.5. The summed E-state index contributed by atoms with van der Waals surface area (Å²) in [6.07, 6.45) is 0.800. The Labute approximate surface area is 127 Å². The van der Waals surface area contributed by atoms with Crippen molar-refractivity contribution in [2.75, 3.05) is 0 Å². The van der Waals surface area contributed by atoms with Gasteiger partial charge in [0.1, 0.15) is 11.7 Å². The average Bonchev–Trinajstić information content (AvgIpc) is 2.53. The van der Waals surface area contributed by atoms with Crippen LogP contribution < -0.4 is 16.1 Å². The van der Waals surface area contributed by atoms with Crippen LogP contribution in [0.5, 0.6) is 5.75 Å². The number of benzene rings is 1. The van der Waals surface area contributed by atoms with Crippen molar-refractivity contribution < 1.29 is 9.15 Å². The van der Waals surface area contributed by atoms with Crippen LogP contribution in [0.2, 0.25) is 0 Å². The van der Waals surface area contributed by atoms with Gasteiger partial charge in [0, 0.05) is 5.92 Å². The summed E-state index contributed by atoms with van der Waals surface area (Å²) in [5.74, 6) is 0.143. The molecule has 2 N–H and O–H groups in total. The van der Waals surface area contributed by atoms with Gasteiger partial charge in [0.05, 0.1) is 16.5 Å². The minimum atomic E-state index is -0.473. The first-order chi connectivity index (χ1) is 10.6. The van der Waals surface area contributed by atoms with Gasteiger partial charge < -0.3 is 14.9 Å². The van der Waals surface area contributed by atoms with Gasteiger partial charge in [-0.3, -0.25) is 0 Å². The third-order valence-electron chi connectivity index (χ3n) is 4.23. The maximum atomic E-state index is 12.5. The van der Waals surface area contributed by atoms with Crippen LogP contribution in [-0.2, 0) is 0 Å². The van der Waals surface area contributed by atoms with Crippen LogP contribution in [0.25, 0.3) is 11.0 Å². The van der Waals surface area contributed by atoms with Crippen molar-refractivity contribution in [1.82, 2.24) is 0 Å². The van der Waals surface area contributed by atoms with E-state index >= 15 is 0 Å². The maximum Gasteiger partial charge on any atom is 0.343 e. The molecule has 0 amide bonds. The molecule has 22 heavy (non-hydrogen) atoms. The summed E-state index contributed by atoms with van der Waals surface area (Å²) < 4.78 is 11.0. The molecule has 0 spiro atoms. The lowest BCUT2D eigenvalue weighted by molar-refractivity contribution is 0.355. The number of hydrogen-bond donors (Lipinski definition) is 1. The first kappa shape index (κ1) is 14.2.